The lowest BCUT2D eigenvalue weighted by Gasteiger charge is -2.09. The number of alkyl halides is 3. The third-order valence-electron chi connectivity index (χ3n) is 2.80. The zero-order valence-corrected chi connectivity index (χ0v) is 11.5. The topological polar surface area (TPSA) is 21.3 Å². The Morgan fingerprint density at radius 3 is 2.17 bits per heavy atom. The Bertz CT molecular complexity index is 180. The summed E-state index contributed by atoms with van der Waals surface area (Å²) >= 11 is 0. The van der Waals surface area contributed by atoms with Gasteiger partial charge in [-0.25, -0.2) is 0 Å². The van der Waals surface area contributed by atoms with E-state index in [0.29, 0.717) is 6.42 Å². The molecule has 0 heterocycles. The lowest BCUT2D eigenvalue weighted by atomic mass is 10.2. The minimum atomic E-state index is -4.45. The molecule has 1 aliphatic rings. The van der Waals surface area contributed by atoms with Crippen molar-refractivity contribution in [2.45, 2.75) is 71.2 Å². The maximum atomic E-state index is 11.2. The number of ether oxygens (including phenoxy) is 1. The maximum Gasteiger partial charge on any atom is 0.522 e. The van der Waals surface area contributed by atoms with Crippen molar-refractivity contribution >= 4 is 0 Å². The van der Waals surface area contributed by atoms with Crippen molar-refractivity contribution in [3.8, 4) is 0 Å². The van der Waals surface area contributed by atoms with Crippen molar-refractivity contribution < 1.29 is 17.9 Å². The second-order valence-electron chi connectivity index (χ2n) is 4.58. The Balaban J connectivity index is 0.000000321. The summed E-state index contributed by atoms with van der Waals surface area (Å²) in [6.07, 6.45) is 3.73. The van der Waals surface area contributed by atoms with Gasteiger partial charge in [0.05, 0.1) is 6.61 Å². The molecule has 0 aromatic heterocycles. The smallest absolute Gasteiger partial charge is 0.314 e. The first-order chi connectivity index (χ1) is 8.49. The Hall–Kier alpha value is -0.290. The average molecular weight is 269 g/mol. The van der Waals surface area contributed by atoms with Crippen LogP contribution in [0.15, 0.2) is 0 Å². The predicted molar refractivity (Wildman–Crippen MR) is 67.5 cm³/mol. The summed E-state index contributed by atoms with van der Waals surface area (Å²) in [5.41, 5.74) is 0. The monoisotopic (exact) mass is 269 g/mol. The Kier molecular flexibility index (Phi) is 10.4. The molecule has 110 valence electrons. The van der Waals surface area contributed by atoms with Gasteiger partial charge in [-0.2, -0.15) is 0 Å². The second-order valence-corrected chi connectivity index (χ2v) is 4.58. The quantitative estimate of drug-likeness (QED) is 0.728. The van der Waals surface area contributed by atoms with Gasteiger partial charge in [0.2, 0.25) is 0 Å². The SMILES string of the molecule is CCCCOC(F)(F)F.CCCNC1CCCC1. The van der Waals surface area contributed by atoms with E-state index < -0.39 is 6.36 Å². The van der Waals surface area contributed by atoms with Gasteiger partial charge in [-0.3, -0.25) is 4.74 Å². The molecule has 0 radical (unpaired) electrons. The summed E-state index contributed by atoms with van der Waals surface area (Å²) in [6.45, 7) is 5.02. The van der Waals surface area contributed by atoms with Gasteiger partial charge in [0.25, 0.3) is 0 Å². The molecular formula is C13H26F3NO. The largest absolute Gasteiger partial charge is 0.522 e. The predicted octanol–water partition coefficient (Wildman–Crippen LogP) is 4.25. The van der Waals surface area contributed by atoms with Crippen LogP contribution in [0.3, 0.4) is 0 Å². The molecule has 0 aromatic carbocycles. The van der Waals surface area contributed by atoms with Crippen LogP contribution in [0, 0.1) is 0 Å². The normalized spacial score (nSPS) is 16.5. The highest BCUT2D eigenvalue weighted by atomic mass is 19.4. The molecule has 0 aromatic rings. The van der Waals surface area contributed by atoms with Crippen molar-refractivity contribution in [2.75, 3.05) is 13.2 Å². The number of hydrogen-bond acceptors (Lipinski definition) is 2. The fraction of sp³-hybridized carbons (Fsp3) is 1.00. The standard InChI is InChI=1S/C8H17N.C5H9F3O/c1-2-7-9-8-5-3-4-6-8;1-2-3-4-9-5(6,7)8/h8-9H,2-7H2,1H3;2-4H2,1H3. The molecule has 1 rings (SSSR count). The summed E-state index contributed by atoms with van der Waals surface area (Å²) in [5, 5.41) is 3.53. The van der Waals surface area contributed by atoms with E-state index in [4.69, 9.17) is 0 Å². The van der Waals surface area contributed by atoms with Crippen LogP contribution < -0.4 is 5.32 Å². The van der Waals surface area contributed by atoms with E-state index in [1.165, 1.54) is 38.6 Å². The van der Waals surface area contributed by atoms with Crippen LogP contribution in [0.2, 0.25) is 0 Å². The first-order valence-electron chi connectivity index (χ1n) is 6.93. The number of hydrogen-bond donors (Lipinski definition) is 1. The van der Waals surface area contributed by atoms with Crippen molar-refractivity contribution in [3.63, 3.8) is 0 Å². The Morgan fingerprint density at radius 2 is 1.72 bits per heavy atom. The number of halogens is 3. The highest BCUT2D eigenvalue weighted by molar-refractivity contribution is 4.72. The molecule has 0 aliphatic heterocycles. The molecule has 0 bridgehead atoms. The summed E-state index contributed by atoms with van der Waals surface area (Å²) < 4.78 is 36.9. The van der Waals surface area contributed by atoms with Gasteiger partial charge in [-0.05, 0) is 32.2 Å². The zero-order valence-electron chi connectivity index (χ0n) is 11.5. The van der Waals surface area contributed by atoms with Gasteiger partial charge in [0, 0.05) is 6.04 Å². The van der Waals surface area contributed by atoms with Gasteiger partial charge >= 0.3 is 6.36 Å². The van der Waals surface area contributed by atoms with E-state index in [0.717, 1.165) is 12.5 Å². The van der Waals surface area contributed by atoms with E-state index in [-0.39, 0.29) is 6.61 Å². The maximum absolute atomic E-state index is 11.2. The van der Waals surface area contributed by atoms with E-state index in [1.807, 2.05) is 0 Å². The van der Waals surface area contributed by atoms with E-state index in [2.05, 4.69) is 17.0 Å². The minimum Gasteiger partial charge on any atom is -0.314 e. The molecular weight excluding hydrogens is 243 g/mol. The molecule has 0 spiro atoms. The lowest BCUT2D eigenvalue weighted by Crippen LogP contribution is -2.26. The molecule has 5 heteroatoms. The second kappa shape index (κ2) is 10.6. The molecule has 18 heavy (non-hydrogen) atoms. The molecule has 0 atom stereocenters. The van der Waals surface area contributed by atoms with Gasteiger partial charge < -0.3 is 5.32 Å². The molecule has 1 saturated carbocycles. The van der Waals surface area contributed by atoms with Crippen LogP contribution in [0.1, 0.15) is 58.8 Å². The molecule has 0 saturated heterocycles. The van der Waals surface area contributed by atoms with E-state index >= 15 is 0 Å². The lowest BCUT2D eigenvalue weighted by molar-refractivity contribution is -0.324. The first-order valence-corrected chi connectivity index (χ1v) is 6.93. The third kappa shape index (κ3) is 12.2. The van der Waals surface area contributed by atoms with Crippen LogP contribution in [-0.4, -0.2) is 25.6 Å². The van der Waals surface area contributed by atoms with Gasteiger partial charge in [0.1, 0.15) is 0 Å². The summed E-state index contributed by atoms with van der Waals surface area (Å²) in [6, 6.07) is 0.866. The molecule has 0 amide bonds. The van der Waals surface area contributed by atoms with Crippen LogP contribution in [0.4, 0.5) is 13.2 Å². The summed E-state index contributed by atoms with van der Waals surface area (Å²) in [5.74, 6) is 0. The number of rotatable bonds is 6. The van der Waals surface area contributed by atoms with Crippen LogP contribution in [-0.2, 0) is 4.74 Å². The minimum absolute atomic E-state index is 0.222. The number of nitrogens with one attached hydrogen (secondary N) is 1. The van der Waals surface area contributed by atoms with Crippen LogP contribution >= 0.6 is 0 Å². The van der Waals surface area contributed by atoms with Crippen LogP contribution in [0.5, 0.6) is 0 Å². The zero-order chi connectivity index (χ0) is 13.9. The summed E-state index contributed by atoms with van der Waals surface area (Å²) in [4.78, 5) is 0. The molecule has 1 aliphatic carbocycles. The third-order valence-corrected chi connectivity index (χ3v) is 2.80. The molecule has 0 unspecified atom stereocenters. The van der Waals surface area contributed by atoms with E-state index in [1.54, 1.807) is 6.92 Å². The van der Waals surface area contributed by atoms with E-state index in [9.17, 15) is 13.2 Å². The first kappa shape index (κ1) is 17.7. The molecule has 1 N–H and O–H groups in total. The highest BCUT2D eigenvalue weighted by Gasteiger charge is 2.28. The fourth-order valence-electron chi connectivity index (χ4n) is 1.81. The number of unbranched alkanes of at least 4 members (excludes halogenated alkanes) is 1. The Labute approximate surface area is 108 Å². The van der Waals surface area contributed by atoms with Gasteiger partial charge in [0.15, 0.2) is 0 Å². The van der Waals surface area contributed by atoms with Crippen molar-refractivity contribution in [1.29, 1.82) is 0 Å². The van der Waals surface area contributed by atoms with Crippen molar-refractivity contribution in [2.24, 2.45) is 0 Å². The van der Waals surface area contributed by atoms with Crippen molar-refractivity contribution in [3.05, 3.63) is 0 Å². The van der Waals surface area contributed by atoms with Gasteiger partial charge in [-0.1, -0.05) is 33.1 Å². The van der Waals surface area contributed by atoms with Crippen LogP contribution in [0.25, 0.3) is 0 Å². The van der Waals surface area contributed by atoms with Crippen molar-refractivity contribution in [1.82, 2.24) is 5.32 Å². The average Bonchev–Trinajstić information content (AvgIpc) is 2.79. The Morgan fingerprint density at radius 1 is 1.11 bits per heavy atom. The molecule has 2 nitrogen and oxygen atoms in total. The highest BCUT2D eigenvalue weighted by Crippen LogP contribution is 2.17. The molecule has 1 fully saturated rings. The van der Waals surface area contributed by atoms with Gasteiger partial charge in [-0.15, -0.1) is 13.2 Å². The summed E-state index contributed by atoms with van der Waals surface area (Å²) in [7, 11) is 0. The fourth-order valence-corrected chi connectivity index (χ4v) is 1.81.